The van der Waals surface area contributed by atoms with Crippen LogP contribution in [0.25, 0.3) is 0 Å². The lowest BCUT2D eigenvalue weighted by Crippen LogP contribution is -2.38. The molecule has 0 atom stereocenters. The molecular formula is C15H21FN2O. The highest BCUT2D eigenvalue weighted by atomic mass is 19.1. The van der Waals surface area contributed by atoms with Crippen molar-refractivity contribution in [2.75, 3.05) is 6.54 Å². The molecule has 1 aliphatic carbocycles. The number of amides is 2. The van der Waals surface area contributed by atoms with E-state index < -0.39 is 0 Å². The molecule has 1 aliphatic rings. The highest BCUT2D eigenvalue weighted by Gasteiger charge is 2.13. The highest BCUT2D eigenvalue weighted by molar-refractivity contribution is 5.73. The van der Waals surface area contributed by atoms with Crippen LogP contribution < -0.4 is 10.6 Å². The first kappa shape index (κ1) is 13.8. The van der Waals surface area contributed by atoms with Crippen LogP contribution in [0, 0.1) is 11.7 Å². The molecule has 1 aromatic rings. The molecule has 19 heavy (non-hydrogen) atoms. The van der Waals surface area contributed by atoms with E-state index in [2.05, 4.69) is 10.6 Å². The quantitative estimate of drug-likeness (QED) is 0.861. The zero-order chi connectivity index (χ0) is 13.5. The number of rotatable bonds is 4. The van der Waals surface area contributed by atoms with Crippen LogP contribution in [0.2, 0.25) is 0 Å². The Morgan fingerprint density at radius 1 is 1.21 bits per heavy atom. The number of carbonyl (C=O) groups is 1. The smallest absolute Gasteiger partial charge is 0.315 e. The Morgan fingerprint density at radius 2 is 2.00 bits per heavy atom. The molecule has 2 N–H and O–H groups in total. The molecule has 0 unspecified atom stereocenters. The van der Waals surface area contributed by atoms with Crippen LogP contribution in [0.4, 0.5) is 9.18 Å². The number of benzene rings is 1. The fourth-order valence-electron chi connectivity index (χ4n) is 2.52. The van der Waals surface area contributed by atoms with Crippen LogP contribution >= 0.6 is 0 Å². The first-order chi connectivity index (χ1) is 9.24. The molecule has 4 heteroatoms. The van der Waals surface area contributed by atoms with Gasteiger partial charge in [0.2, 0.25) is 0 Å². The fraction of sp³-hybridized carbons (Fsp3) is 0.533. The molecule has 1 aromatic carbocycles. The monoisotopic (exact) mass is 264 g/mol. The van der Waals surface area contributed by atoms with Crippen LogP contribution in [0.5, 0.6) is 0 Å². The number of nitrogens with one attached hydrogen (secondary N) is 2. The summed E-state index contributed by atoms with van der Waals surface area (Å²) in [5, 5.41) is 5.64. The summed E-state index contributed by atoms with van der Waals surface area (Å²) < 4.78 is 13.0. The van der Waals surface area contributed by atoms with Gasteiger partial charge in [-0.15, -0.1) is 0 Å². The van der Waals surface area contributed by atoms with Gasteiger partial charge in [-0.05, 0) is 36.5 Å². The van der Waals surface area contributed by atoms with Crippen molar-refractivity contribution in [1.29, 1.82) is 0 Å². The van der Waals surface area contributed by atoms with Crippen LogP contribution in [0.15, 0.2) is 24.3 Å². The van der Waals surface area contributed by atoms with Crippen molar-refractivity contribution < 1.29 is 9.18 Å². The van der Waals surface area contributed by atoms with Gasteiger partial charge in [-0.25, -0.2) is 9.18 Å². The van der Waals surface area contributed by atoms with Gasteiger partial charge in [0, 0.05) is 13.1 Å². The lowest BCUT2D eigenvalue weighted by atomic mass is 9.89. The number of hydrogen-bond donors (Lipinski definition) is 2. The van der Waals surface area contributed by atoms with E-state index in [-0.39, 0.29) is 11.8 Å². The van der Waals surface area contributed by atoms with E-state index in [9.17, 15) is 9.18 Å². The first-order valence-corrected chi connectivity index (χ1v) is 7.00. The van der Waals surface area contributed by atoms with E-state index in [0.717, 1.165) is 12.1 Å². The van der Waals surface area contributed by atoms with Crippen molar-refractivity contribution in [2.45, 2.75) is 38.6 Å². The topological polar surface area (TPSA) is 41.1 Å². The summed E-state index contributed by atoms with van der Waals surface area (Å²) in [5.41, 5.74) is 0.771. The summed E-state index contributed by atoms with van der Waals surface area (Å²) in [6.07, 6.45) is 6.30. The summed E-state index contributed by atoms with van der Waals surface area (Å²) in [7, 11) is 0. The van der Waals surface area contributed by atoms with Gasteiger partial charge in [0.05, 0.1) is 0 Å². The summed E-state index contributed by atoms with van der Waals surface area (Å²) in [4.78, 5) is 11.6. The number of hydrogen-bond acceptors (Lipinski definition) is 1. The molecule has 3 nitrogen and oxygen atoms in total. The van der Waals surface area contributed by atoms with Gasteiger partial charge in [0.25, 0.3) is 0 Å². The van der Waals surface area contributed by atoms with Crippen molar-refractivity contribution >= 4 is 6.03 Å². The maximum atomic E-state index is 13.0. The fourth-order valence-corrected chi connectivity index (χ4v) is 2.52. The Morgan fingerprint density at radius 3 is 2.74 bits per heavy atom. The van der Waals surface area contributed by atoms with E-state index >= 15 is 0 Å². The van der Waals surface area contributed by atoms with Crippen molar-refractivity contribution in [3.05, 3.63) is 35.6 Å². The second kappa shape index (κ2) is 7.12. The van der Waals surface area contributed by atoms with Gasteiger partial charge in [-0.1, -0.05) is 31.4 Å². The molecule has 0 spiro atoms. The third-order valence-electron chi connectivity index (χ3n) is 3.62. The standard InChI is InChI=1S/C15H21FN2O/c16-14-8-4-7-13(9-14)11-18-15(19)17-10-12-5-2-1-3-6-12/h4,7-9,12H,1-3,5-6,10-11H2,(H2,17,18,19). The summed E-state index contributed by atoms with van der Waals surface area (Å²) in [6.45, 7) is 1.10. The lowest BCUT2D eigenvalue weighted by molar-refractivity contribution is 0.236. The minimum absolute atomic E-state index is 0.171. The molecule has 1 fully saturated rings. The van der Waals surface area contributed by atoms with Crippen LogP contribution in [0.3, 0.4) is 0 Å². The summed E-state index contributed by atoms with van der Waals surface area (Å²) in [5.74, 6) is 0.343. The average Bonchev–Trinajstić information content (AvgIpc) is 2.44. The highest BCUT2D eigenvalue weighted by Crippen LogP contribution is 2.22. The average molecular weight is 264 g/mol. The molecule has 0 aromatic heterocycles. The minimum Gasteiger partial charge on any atom is -0.338 e. The van der Waals surface area contributed by atoms with E-state index in [4.69, 9.17) is 0 Å². The van der Waals surface area contributed by atoms with Crippen molar-refractivity contribution in [2.24, 2.45) is 5.92 Å². The number of urea groups is 1. The van der Waals surface area contributed by atoms with Gasteiger partial charge in [0.15, 0.2) is 0 Å². The molecule has 2 rings (SSSR count). The van der Waals surface area contributed by atoms with Gasteiger partial charge in [-0.2, -0.15) is 0 Å². The number of halogens is 1. The predicted octanol–water partition coefficient (Wildman–Crippen LogP) is 3.21. The van der Waals surface area contributed by atoms with Gasteiger partial charge < -0.3 is 10.6 Å². The molecule has 0 saturated heterocycles. The van der Waals surface area contributed by atoms with E-state index in [1.54, 1.807) is 12.1 Å². The summed E-state index contributed by atoms with van der Waals surface area (Å²) in [6, 6.07) is 6.10. The molecule has 0 heterocycles. The second-order valence-corrected chi connectivity index (χ2v) is 5.20. The SMILES string of the molecule is O=C(NCc1cccc(F)c1)NCC1CCCCC1. The maximum absolute atomic E-state index is 13.0. The van der Waals surface area contributed by atoms with Gasteiger partial charge >= 0.3 is 6.03 Å². The third-order valence-corrected chi connectivity index (χ3v) is 3.62. The lowest BCUT2D eigenvalue weighted by Gasteiger charge is -2.21. The second-order valence-electron chi connectivity index (χ2n) is 5.20. The van der Waals surface area contributed by atoms with Crippen molar-refractivity contribution in [1.82, 2.24) is 10.6 Å². The van der Waals surface area contributed by atoms with Crippen molar-refractivity contribution in [3.8, 4) is 0 Å². The normalized spacial score (nSPS) is 16.1. The minimum atomic E-state index is -0.276. The first-order valence-electron chi connectivity index (χ1n) is 7.00. The molecular weight excluding hydrogens is 243 g/mol. The Hall–Kier alpha value is -1.58. The largest absolute Gasteiger partial charge is 0.338 e. The predicted molar refractivity (Wildman–Crippen MR) is 73.2 cm³/mol. The van der Waals surface area contributed by atoms with E-state index in [0.29, 0.717) is 12.5 Å². The van der Waals surface area contributed by atoms with Gasteiger partial charge in [0.1, 0.15) is 5.82 Å². The van der Waals surface area contributed by atoms with Crippen LogP contribution in [-0.4, -0.2) is 12.6 Å². The maximum Gasteiger partial charge on any atom is 0.315 e. The Balaban J connectivity index is 1.66. The molecule has 2 amide bonds. The number of carbonyl (C=O) groups excluding carboxylic acids is 1. The van der Waals surface area contributed by atoms with E-state index in [1.165, 1.54) is 44.2 Å². The molecule has 1 saturated carbocycles. The molecule has 0 radical (unpaired) electrons. The zero-order valence-electron chi connectivity index (χ0n) is 11.1. The molecule has 104 valence electrons. The third kappa shape index (κ3) is 4.89. The van der Waals surface area contributed by atoms with Crippen molar-refractivity contribution in [3.63, 3.8) is 0 Å². The Bertz CT molecular complexity index is 416. The molecule has 0 aliphatic heterocycles. The summed E-state index contributed by atoms with van der Waals surface area (Å²) >= 11 is 0. The van der Waals surface area contributed by atoms with Crippen LogP contribution in [-0.2, 0) is 6.54 Å². The zero-order valence-corrected chi connectivity index (χ0v) is 11.1. The Labute approximate surface area is 113 Å². The van der Waals surface area contributed by atoms with E-state index in [1.807, 2.05) is 0 Å². The van der Waals surface area contributed by atoms with Crippen LogP contribution in [0.1, 0.15) is 37.7 Å². The Kier molecular flexibility index (Phi) is 5.19. The van der Waals surface area contributed by atoms with Gasteiger partial charge in [-0.3, -0.25) is 0 Å². The molecule has 0 bridgehead atoms.